The van der Waals surface area contributed by atoms with E-state index in [0.29, 0.717) is 0 Å². The molecule has 0 nitrogen and oxygen atoms in total. The van der Waals surface area contributed by atoms with Crippen molar-refractivity contribution in [2.75, 3.05) is 0 Å². The zero-order chi connectivity index (χ0) is 14.5. The van der Waals surface area contributed by atoms with Crippen molar-refractivity contribution in [3.8, 4) is 22.3 Å². The molecule has 0 aliphatic carbocycles. The number of benzene rings is 3. The van der Waals surface area contributed by atoms with Crippen LogP contribution in [0.4, 0.5) is 0 Å². The van der Waals surface area contributed by atoms with E-state index in [9.17, 15) is 0 Å². The lowest BCUT2D eigenvalue weighted by Gasteiger charge is -2.10. The molecule has 104 valence electrons. The minimum Gasteiger partial charge on any atom is -0.0639 e. The van der Waals surface area contributed by atoms with Gasteiger partial charge in [0, 0.05) is 0 Å². The minimum atomic E-state index is 0.756. The number of hydrogen-bond donors (Lipinski definition) is 0. The van der Waals surface area contributed by atoms with Crippen LogP contribution in [0.1, 0.15) is 5.56 Å². The number of hydrogen-bond acceptors (Lipinski definition) is 0. The van der Waals surface area contributed by atoms with Crippen LogP contribution in [-0.2, 0) is 6.16 Å². The van der Waals surface area contributed by atoms with Crippen molar-refractivity contribution in [3.63, 3.8) is 0 Å². The Labute approximate surface area is 135 Å². The highest BCUT2D eigenvalue weighted by Gasteiger charge is 2.05. The monoisotopic (exact) mass is 354 g/mol. The van der Waals surface area contributed by atoms with Gasteiger partial charge in [0.2, 0.25) is 0 Å². The van der Waals surface area contributed by atoms with Crippen molar-refractivity contribution >= 4 is 22.8 Å². The Balaban J connectivity index is 2.11. The third-order valence-electron chi connectivity index (χ3n) is 3.48. The summed E-state index contributed by atoms with van der Waals surface area (Å²) in [6.45, 7) is 0. The molecular formula is C19H16BrP. The fourth-order valence-electron chi connectivity index (χ4n) is 2.47. The first-order valence-electron chi connectivity index (χ1n) is 6.95. The molecule has 0 spiro atoms. The van der Waals surface area contributed by atoms with Gasteiger partial charge in [-0.15, -0.1) is 0 Å². The van der Waals surface area contributed by atoms with E-state index >= 15 is 0 Å². The van der Waals surface area contributed by atoms with Crippen molar-refractivity contribution in [3.05, 3.63) is 84.4 Å². The van der Waals surface area contributed by atoms with Gasteiger partial charge in [-0.1, -0.05) is 88.3 Å². The lowest BCUT2D eigenvalue weighted by molar-refractivity contribution is 1.41. The normalized spacial score (nSPS) is 11.1. The lowest BCUT2D eigenvalue weighted by Crippen LogP contribution is -1.86. The summed E-state index contributed by atoms with van der Waals surface area (Å²) in [6, 6.07) is 28.1. The molecule has 3 aromatic rings. The van der Waals surface area contributed by atoms with Crippen molar-refractivity contribution in [2.24, 2.45) is 0 Å². The summed E-state index contributed by atoms with van der Waals surface area (Å²) in [6.07, 6.45) is 1.07. The Kier molecular flexibility index (Phi) is 4.85. The molecule has 2 heteroatoms. The molecule has 0 amide bonds. The Bertz CT molecular complexity index is 650. The van der Waals surface area contributed by atoms with Crippen molar-refractivity contribution in [1.82, 2.24) is 0 Å². The standard InChI is InChI=1S/C19H16BrP/c20-21-14-15-11-18(16-7-3-1-4-8-16)13-19(12-15)17-9-5-2-6-10-17/h1-13,21H,14H2. The van der Waals surface area contributed by atoms with Gasteiger partial charge in [-0.25, -0.2) is 0 Å². The maximum Gasteiger partial charge on any atom is -0.000158 e. The van der Waals surface area contributed by atoms with Crippen LogP contribution in [0.5, 0.6) is 0 Å². The average molecular weight is 355 g/mol. The summed E-state index contributed by atoms with van der Waals surface area (Å²) in [7, 11) is 0.756. The quantitative estimate of drug-likeness (QED) is 0.468. The molecule has 0 heterocycles. The zero-order valence-electron chi connectivity index (χ0n) is 11.6. The minimum absolute atomic E-state index is 0.756. The molecule has 0 aliphatic heterocycles. The van der Waals surface area contributed by atoms with E-state index in [1.807, 2.05) is 0 Å². The van der Waals surface area contributed by atoms with Gasteiger partial charge in [-0.2, -0.15) is 0 Å². The van der Waals surface area contributed by atoms with E-state index in [-0.39, 0.29) is 0 Å². The molecule has 0 aromatic heterocycles. The van der Waals surface area contributed by atoms with Gasteiger partial charge in [0.05, 0.1) is 0 Å². The first kappa shape index (κ1) is 14.5. The highest BCUT2D eigenvalue weighted by atomic mass is 79.9. The van der Waals surface area contributed by atoms with Crippen LogP contribution in [0, 0.1) is 0 Å². The van der Waals surface area contributed by atoms with Crippen molar-refractivity contribution in [1.29, 1.82) is 0 Å². The molecule has 0 bridgehead atoms. The first-order valence-corrected chi connectivity index (χ1v) is 10.4. The van der Waals surface area contributed by atoms with Crippen LogP contribution in [0.25, 0.3) is 22.3 Å². The largest absolute Gasteiger partial charge is 0.0639 e. The molecule has 0 radical (unpaired) electrons. The second-order valence-electron chi connectivity index (χ2n) is 4.96. The highest BCUT2D eigenvalue weighted by molar-refractivity contribution is 9.36. The highest BCUT2D eigenvalue weighted by Crippen LogP contribution is 2.32. The summed E-state index contributed by atoms with van der Waals surface area (Å²) in [5.41, 5.74) is 6.50. The Hall–Kier alpha value is -1.43. The van der Waals surface area contributed by atoms with E-state index in [0.717, 1.165) is 13.4 Å². The van der Waals surface area contributed by atoms with Gasteiger partial charge >= 0.3 is 0 Å². The molecule has 3 rings (SSSR count). The lowest BCUT2D eigenvalue weighted by atomic mass is 9.96. The fraction of sp³-hybridized carbons (Fsp3) is 0.0526. The third-order valence-corrected chi connectivity index (χ3v) is 4.86. The van der Waals surface area contributed by atoms with Gasteiger partial charge in [-0.05, 0) is 47.3 Å². The van der Waals surface area contributed by atoms with E-state index < -0.39 is 0 Å². The fourth-order valence-corrected chi connectivity index (χ4v) is 3.80. The van der Waals surface area contributed by atoms with Gasteiger partial charge < -0.3 is 0 Å². The van der Waals surface area contributed by atoms with Crippen LogP contribution in [-0.4, -0.2) is 0 Å². The molecule has 3 aromatic carbocycles. The van der Waals surface area contributed by atoms with Crippen molar-refractivity contribution in [2.45, 2.75) is 6.16 Å². The Morgan fingerprint density at radius 2 is 1.10 bits per heavy atom. The summed E-state index contributed by atoms with van der Waals surface area (Å²) < 4.78 is 0. The molecule has 0 saturated carbocycles. The molecule has 21 heavy (non-hydrogen) atoms. The maximum absolute atomic E-state index is 3.58. The van der Waals surface area contributed by atoms with Gasteiger partial charge in [0.1, 0.15) is 0 Å². The molecule has 0 N–H and O–H groups in total. The molecule has 1 unspecified atom stereocenters. The third kappa shape index (κ3) is 3.61. The zero-order valence-corrected chi connectivity index (χ0v) is 14.2. The van der Waals surface area contributed by atoms with Crippen LogP contribution in [0.15, 0.2) is 78.9 Å². The van der Waals surface area contributed by atoms with Crippen LogP contribution < -0.4 is 0 Å². The summed E-state index contributed by atoms with van der Waals surface area (Å²) in [4.78, 5) is 0. The first-order chi connectivity index (χ1) is 10.4. The van der Waals surface area contributed by atoms with Crippen LogP contribution in [0.2, 0.25) is 0 Å². The van der Waals surface area contributed by atoms with Gasteiger partial charge in [-0.3, -0.25) is 0 Å². The predicted octanol–water partition coefficient (Wildman–Crippen LogP) is 6.51. The summed E-state index contributed by atoms with van der Waals surface area (Å²) in [5, 5.41) is 0. The van der Waals surface area contributed by atoms with E-state index in [1.165, 1.54) is 27.8 Å². The topological polar surface area (TPSA) is 0 Å². The SMILES string of the molecule is BrPCc1cc(-c2ccccc2)cc(-c2ccccc2)c1. The molecule has 0 fully saturated rings. The van der Waals surface area contributed by atoms with Crippen LogP contribution >= 0.6 is 22.8 Å². The smallest absolute Gasteiger partial charge is 0.000158 e. The summed E-state index contributed by atoms with van der Waals surface area (Å²) in [5.74, 6) is 0. The molecule has 0 aliphatic rings. The van der Waals surface area contributed by atoms with Crippen molar-refractivity contribution < 1.29 is 0 Å². The van der Waals surface area contributed by atoms with Crippen LogP contribution in [0.3, 0.4) is 0 Å². The Morgan fingerprint density at radius 1 is 0.619 bits per heavy atom. The maximum atomic E-state index is 3.58. The number of rotatable bonds is 4. The van der Waals surface area contributed by atoms with Gasteiger partial charge in [0.15, 0.2) is 0 Å². The summed E-state index contributed by atoms with van der Waals surface area (Å²) >= 11 is 3.58. The number of halogens is 1. The molecule has 0 saturated heterocycles. The second kappa shape index (κ2) is 7.02. The predicted molar refractivity (Wildman–Crippen MR) is 98.3 cm³/mol. The molecule has 1 atom stereocenters. The molecular weight excluding hydrogens is 339 g/mol. The van der Waals surface area contributed by atoms with Gasteiger partial charge in [0.25, 0.3) is 0 Å². The van der Waals surface area contributed by atoms with E-state index in [2.05, 4.69) is 94.4 Å². The second-order valence-corrected chi connectivity index (χ2v) is 7.26. The Morgan fingerprint density at radius 3 is 1.52 bits per heavy atom. The van der Waals surface area contributed by atoms with E-state index in [4.69, 9.17) is 0 Å². The van der Waals surface area contributed by atoms with E-state index in [1.54, 1.807) is 0 Å². The average Bonchev–Trinajstić information content (AvgIpc) is 2.56.